The smallest absolute Gasteiger partial charge is 0.343 e. The third kappa shape index (κ3) is 8.13. The van der Waals surface area contributed by atoms with Crippen LogP contribution in [-0.4, -0.2) is 37.4 Å². The normalized spacial score (nSPS) is 11.6. The zero-order chi connectivity index (χ0) is 26.8. The lowest BCUT2D eigenvalue weighted by molar-refractivity contribution is -0.127. The average molecular weight is 545 g/mol. The van der Waals surface area contributed by atoms with Gasteiger partial charge in [-0.25, -0.2) is 10.2 Å². The average Bonchev–Trinajstić information content (AvgIpc) is 2.87. The standard InChI is InChI=1S/C27H26Cl2N2O6/c1-4-34-21-10-7-19(8-11-21)27(33)37-24-12-6-18(14-25(24)35-5-2)16-30-31-26(32)17(3)36-23-13-9-20(28)15-22(23)29/h6-17H,4-5H2,1-3H3,(H,31,32)/b30-16+. The van der Waals surface area contributed by atoms with Gasteiger partial charge >= 0.3 is 5.97 Å². The zero-order valence-corrected chi connectivity index (χ0v) is 22.0. The van der Waals surface area contributed by atoms with Gasteiger partial charge in [-0.05, 0) is 87.0 Å². The van der Waals surface area contributed by atoms with Gasteiger partial charge in [0.05, 0.1) is 30.0 Å². The van der Waals surface area contributed by atoms with Crippen LogP contribution in [0, 0.1) is 0 Å². The topological polar surface area (TPSA) is 95.5 Å². The highest BCUT2D eigenvalue weighted by atomic mass is 35.5. The summed E-state index contributed by atoms with van der Waals surface area (Å²) in [4.78, 5) is 24.9. The molecule has 0 aromatic heterocycles. The molecule has 0 aliphatic rings. The number of hydrazone groups is 1. The van der Waals surface area contributed by atoms with E-state index in [1.165, 1.54) is 12.3 Å². The molecule has 3 aromatic carbocycles. The fourth-order valence-corrected chi connectivity index (χ4v) is 3.50. The summed E-state index contributed by atoms with van der Waals surface area (Å²) in [5, 5.41) is 4.72. The Labute approximate surface area is 225 Å². The Morgan fingerprint density at radius 3 is 2.30 bits per heavy atom. The van der Waals surface area contributed by atoms with E-state index in [2.05, 4.69) is 10.5 Å². The van der Waals surface area contributed by atoms with Crippen LogP contribution in [0.2, 0.25) is 10.0 Å². The molecular weight excluding hydrogens is 519 g/mol. The van der Waals surface area contributed by atoms with E-state index in [1.54, 1.807) is 61.5 Å². The molecule has 0 heterocycles. The van der Waals surface area contributed by atoms with Gasteiger partial charge in [0, 0.05) is 5.02 Å². The van der Waals surface area contributed by atoms with E-state index in [0.29, 0.717) is 51.6 Å². The van der Waals surface area contributed by atoms with Gasteiger partial charge in [-0.3, -0.25) is 4.79 Å². The van der Waals surface area contributed by atoms with Gasteiger partial charge in [0.25, 0.3) is 5.91 Å². The van der Waals surface area contributed by atoms with Crippen LogP contribution in [0.4, 0.5) is 0 Å². The van der Waals surface area contributed by atoms with Crippen molar-refractivity contribution in [3.8, 4) is 23.0 Å². The largest absolute Gasteiger partial charge is 0.494 e. The first-order valence-electron chi connectivity index (χ1n) is 11.5. The molecule has 0 fully saturated rings. The van der Waals surface area contributed by atoms with Crippen LogP contribution in [0.15, 0.2) is 65.8 Å². The van der Waals surface area contributed by atoms with Gasteiger partial charge in [0.1, 0.15) is 11.5 Å². The van der Waals surface area contributed by atoms with Crippen LogP contribution in [-0.2, 0) is 4.79 Å². The third-order valence-corrected chi connectivity index (χ3v) is 5.36. The molecule has 1 N–H and O–H groups in total. The molecule has 1 atom stereocenters. The molecule has 194 valence electrons. The number of hydrogen-bond donors (Lipinski definition) is 1. The van der Waals surface area contributed by atoms with Crippen molar-refractivity contribution in [3.63, 3.8) is 0 Å². The third-order valence-electron chi connectivity index (χ3n) is 4.83. The Kier molecular flexibility index (Phi) is 10.2. The van der Waals surface area contributed by atoms with Gasteiger partial charge in [-0.15, -0.1) is 0 Å². The van der Waals surface area contributed by atoms with Crippen molar-refractivity contribution in [3.05, 3.63) is 81.8 Å². The number of rotatable bonds is 11. The molecule has 0 aliphatic heterocycles. The van der Waals surface area contributed by atoms with E-state index in [9.17, 15) is 9.59 Å². The minimum Gasteiger partial charge on any atom is -0.494 e. The van der Waals surface area contributed by atoms with Gasteiger partial charge < -0.3 is 18.9 Å². The summed E-state index contributed by atoms with van der Waals surface area (Å²) in [7, 11) is 0. The summed E-state index contributed by atoms with van der Waals surface area (Å²) in [5.41, 5.74) is 3.40. The lowest BCUT2D eigenvalue weighted by atomic mass is 10.2. The number of halogens is 2. The predicted octanol–water partition coefficient (Wildman–Crippen LogP) is 5.93. The van der Waals surface area contributed by atoms with E-state index in [4.69, 9.17) is 42.1 Å². The van der Waals surface area contributed by atoms with Crippen LogP contribution in [0.5, 0.6) is 23.0 Å². The second-order valence-corrected chi connectivity index (χ2v) is 8.40. The molecule has 0 saturated carbocycles. The zero-order valence-electron chi connectivity index (χ0n) is 20.5. The molecular formula is C27H26Cl2N2O6. The Morgan fingerprint density at radius 2 is 1.62 bits per heavy atom. The van der Waals surface area contributed by atoms with Crippen molar-refractivity contribution in [2.24, 2.45) is 5.10 Å². The SMILES string of the molecule is CCOc1ccc(C(=O)Oc2ccc(/C=N/NC(=O)C(C)Oc3ccc(Cl)cc3Cl)cc2OCC)cc1. The van der Waals surface area contributed by atoms with E-state index >= 15 is 0 Å². The molecule has 10 heteroatoms. The molecule has 3 rings (SSSR count). The Hall–Kier alpha value is -3.75. The molecule has 1 unspecified atom stereocenters. The van der Waals surface area contributed by atoms with E-state index in [-0.39, 0.29) is 5.75 Å². The second-order valence-electron chi connectivity index (χ2n) is 7.56. The fourth-order valence-electron chi connectivity index (χ4n) is 3.05. The van der Waals surface area contributed by atoms with E-state index < -0.39 is 18.0 Å². The van der Waals surface area contributed by atoms with Crippen LogP contribution >= 0.6 is 23.2 Å². The first-order chi connectivity index (χ1) is 17.8. The van der Waals surface area contributed by atoms with Gasteiger partial charge in [0.15, 0.2) is 17.6 Å². The maximum atomic E-state index is 12.6. The molecule has 0 aliphatic carbocycles. The van der Waals surface area contributed by atoms with Crippen LogP contribution in [0.1, 0.15) is 36.7 Å². The van der Waals surface area contributed by atoms with E-state index in [0.717, 1.165) is 0 Å². The summed E-state index contributed by atoms with van der Waals surface area (Å²) in [6.07, 6.45) is 0.569. The molecule has 37 heavy (non-hydrogen) atoms. The Morgan fingerprint density at radius 1 is 0.919 bits per heavy atom. The van der Waals surface area contributed by atoms with Crippen LogP contribution in [0.3, 0.4) is 0 Å². The first kappa shape index (κ1) is 27.8. The highest BCUT2D eigenvalue weighted by Crippen LogP contribution is 2.30. The van der Waals surface area contributed by atoms with Gasteiger partial charge in [0.2, 0.25) is 0 Å². The molecule has 1 amide bonds. The highest BCUT2D eigenvalue weighted by molar-refractivity contribution is 6.35. The minimum atomic E-state index is -0.862. The number of nitrogens with one attached hydrogen (secondary N) is 1. The lowest BCUT2D eigenvalue weighted by Crippen LogP contribution is -2.33. The number of amides is 1. The van der Waals surface area contributed by atoms with Crippen molar-refractivity contribution < 1.29 is 28.5 Å². The quantitative estimate of drug-likeness (QED) is 0.139. The molecule has 3 aromatic rings. The van der Waals surface area contributed by atoms with Crippen LogP contribution in [0.25, 0.3) is 0 Å². The Bertz CT molecular complexity index is 1260. The number of carbonyl (C=O) groups is 2. The maximum absolute atomic E-state index is 12.6. The summed E-state index contributed by atoms with van der Waals surface area (Å²) in [6.45, 7) is 6.15. The van der Waals surface area contributed by atoms with Crippen molar-refractivity contribution in [2.45, 2.75) is 26.9 Å². The predicted molar refractivity (Wildman–Crippen MR) is 142 cm³/mol. The van der Waals surface area contributed by atoms with Crippen molar-refractivity contribution in [1.82, 2.24) is 5.43 Å². The van der Waals surface area contributed by atoms with E-state index in [1.807, 2.05) is 13.8 Å². The van der Waals surface area contributed by atoms with Crippen molar-refractivity contribution in [2.75, 3.05) is 13.2 Å². The summed E-state index contributed by atoms with van der Waals surface area (Å²) >= 11 is 12.0. The second kappa shape index (κ2) is 13.5. The molecule has 0 saturated heterocycles. The highest BCUT2D eigenvalue weighted by Gasteiger charge is 2.16. The van der Waals surface area contributed by atoms with Crippen molar-refractivity contribution >= 4 is 41.3 Å². The number of ether oxygens (including phenoxy) is 4. The molecule has 8 nitrogen and oxygen atoms in total. The monoisotopic (exact) mass is 544 g/mol. The van der Waals surface area contributed by atoms with Crippen molar-refractivity contribution in [1.29, 1.82) is 0 Å². The number of carbonyl (C=O) groups excluding carboxylic acids is 2. The minimum absolute atomic E-state index is 0.254. The number of hydrogen-bond acceptors (Lipinski definition) is 7. The number of nitrogens with zero attached hydrogens (tertiary/aromatic N) is 1. The fraction of sp³-hybridized carbons (Fsp3) is 0.222. The molecule has 0 radical (unpaired) electrons. The first-order valence-corrected chi connectivity index (χ1v) is 12.2. The summed E-state index contributed by atoms with van der Waals surface area (Å²) in [5.74, 6) is 0.588. The number of esters is 1. The molecule has 0 bridgehead atoms. The van der Waals surface area contributed by atoms with Crippen LogP contribution < -0.4 is 24.4 Å². The summed E-state index contributed by atoms with van der Waals surface area (Å²) < 4.78 is 22.1. The Balaban J connectivity index is 1.62. The number of benzene rings is 3. The van der Waals surface area contributed by atoms with Gasteiger partial charge in [-0.2, -0.15) is 5.10 Å². The summed E-state index contributed by atoms with van der Waals surface area (Å²) in [6, 6.07) is 16.3. The maximum Gasteiger partial charge on any atom is 0.343 e. The lowest BCUT2D eigenvalue weighted by Gasteiger charge is -2.14. The molecule has 0 spiro atoms. The van der Waals surface area contributed by atoms with Gasteiger partial charge in [-0.1, -0.05) is 23.2 Å².